The van der Waals surface area contributed by atoms with Crippen molar-refractivity contribution in [3.63, 3.8) is 0 Å². The molecular weight excluding hydrogens is 531 g/mol. The third-order valence-corrected chi connectivity index (χ3v) is 6.00. The molecule has 0 unspecified atom stereocenters. The van der Waals surface area contributed by atoms with Crippen molar-refractivity contribution in [2.45, 2.75) is 19.3 Å². The first-order valence-corrected chi connectivity index (χ1v) is 12.1. The number of aliphatic carboxylic acids is 1. The summed E-state index contributed by atoms with van der Waals surface area (Å²) in [6.07, 6.45) is -3.39. The summed E-state index contributed by atoms with van der Waals surface area (Å²) in [7, 11) is 4.01. The van der Waals surface area contributed by atoms with Gasteiger partial charge in [-0.1, -0.05) is 24.3 Å². The zero-order valence-corrected chi connectivity index (χ0v) is 21.8. The Labute approximate surface area is 227 Å². The van der Waals surface area contributed by atoms with Crippen LogP contribution in [0.2, 0.25) is 0 Å². The average Bonchev–Trinajstić information content (AvgIpc) is 3.32. The summed E-state index contributed by atoms with van der Waals surface area (Å²) in [5, 5.41) is 17.3. The molecule has 11 heteroatoms. The van der Waals surface area contributed by atoms with Crippen LogP contribution in [0.5, 0.6) is 0 Å². The quantitative estimate of drug-likeness (QED) is 0.252. The number of benzene rings is 3. The number of nitrogens with one attached hydrogen (secondary N) is 1. The number of fused-ring (bicyclic) bond motifs is 1. The van der Waals surface area contributed by atoms with E-state index in [2.05, 4.69) is 20.9 Å². The van der Waals surface area contributed by atoms with Crippen molar-refractivity contribution in [2.75, 3.05) is 27.2 Å². The Morgan fingerprint density at radius 3 is 2.17 bits per heavy atom. The molecule has 0 fully saturated rings. The lowest BCUT2D eigenvalue weighted by Crippen LogP contribution is -2.31. The number of alkyl halides is 3. The first-order chi connectivity index (χ1) is 18.9. The van der Waals surface area contributed by atoms with E-state index in [0.717, 1.165) is 40.7 Å². The maximum atomic E-state index is 14.8. The number of hydrogen-bond donors (Lipinski definition) is 2. The van der Waals surface area contributed by atoms with Gasteiger partial charge in [0.2, 0.25) is 0 Å². The van der Waals surface area contributed by atoms with Crippen LogP contribution in [0.25, 0.3) is 22.0 Å². The van der Waals surface area contributed by atoms with Crippen molar-refractivity contribution in [1.82, 2.24) is 14.8 Å². The van der Waals surface area contributed by atoms with Gasteiger partial charge in [0.1, 0.15) is 17.7 Å². The first kappa shape index (κ1) is 30.3. The molecule has 210 valence electrons. The van der Waals surface area contributed by atoms with Gasteiger partial charge in [-0.2, -0.15) is 18.4 Å². The van der Waals surface area contributed by atoms with Crippen LogP contribution < -0.4 is 0 Å². The normalized spacial score (nSPS) is 11.4. The highest BCUT2D eigenvalue weighted by Gasteiger charge is 2.38. The predicted molar refractivity (Wildman–Crippen MR) is 141 cm³/mol. The molecule has 0 aliphatic heterocycles. The zero-order valence-electron chi connectivity index (χ0n) is 21.8. The number of halogens is 5. The summed E-state index contributed by atoms with van der Waals surface area (Å²) in [6, 6.07) is 19.7. The Bertz CT molecular complexity index is 1490. The van der Waals surface area contributed by atoms with Crippen LogP contribution in [0.4, 0.5) is 22.0 Å². The molecule has 3 aromatic carbocycles. The fourth-order valence-electron chi connectivity index (χ4n) is 3.91. The van der Waals surface area contributed by atoms with E-state index in [1.807, 2.05) is 38.4 Å². The molecule has 0 atom stereocenters. The van der Waals surface area contributed by atoms with Gasteiger partial charge in [-0.25, -0.2) is 13.6 Å². The Hall–Kier alpha value is -4.27. The Morgan fingerprint density at radius 1 is 0.950 bits per heavy atom. The van der Waals surface area contributed by atoms with Crippen LogP contribution in [0.3, 0.4) is 0 Å². The minimum absolute atomic E-state index is 0.256. The molecule has 0 spiro atoms. The summed E-state index contributed by atoms with van der Waals surface area (Å²) >= 11 is 0. The van der Waals surface area contributed by atoms with E-state index in [-0.39, 0.29) is 11.6 Å². The van der Waals surface area contributed by atoms with E-state index in [1.54, 1.807) is 24.4 Å². The Balaban J connectivity index is 0.000000559. The zero-order chi connectivity index (χ0) is 29.4. The monoisotopic (exact) mass is 558 g/mol. The molecule has 0 aliphatic carbocycles. The lowest BCUT2D eigenvalue weighted by Gasteiger charge is -2.25. The topological polar surface area (TPSA) is 83.4 Å². The molecular formula is C29H27F5N4O2. The molecule has 0 saturated carbocycles. The van der Waals surface area contributed by atoms with E-state index in [1.165, 1.54) is 18.2 Å². The minimum Gasteiger partial charge on any atom is -0.475 e. The summed E-state index contributed by atoms with van der Waals surface area (Å²) in [5.74, 6) is -3.28. The Morgan fingerprint density at radius 2 is 1.57 bits per heavy atom. The number of carboxylic acid groups (broad SMARTS) is 1. The fraction of sp³-hybridized carbons (Fsp3) is 0.241. The number of carboxylic acids is 1. The van der Waals surface area contributed by atoms with Crippen molar-refractivity contribution < 1.29 is 31.9 Å². The van der Waals surface area contributed by atoms with Gasteiger partial charge in [0.25, 0.3) is 0 Å². The molecule has 0 saturated heterocycles. The molecule has 40 heavy (non-hydrogen) atoms. The van der Waals surface area contributed by atoms with Gasteiger partial charge >= 0.3 is 12.1 Å². The van der Waals surface area contributed by atoms with E-state index in [0.29, 0.717) is 24.2 Å². The maximum Gasteiger partial charge on any atom is 0.490 e. The molecule has 0 radical (unpaired) electrons. The predicted octanol–water partition coefficient (Wildman–Crippen LogP) is 6.18. The molecule has 4 rings (SSSR count). The molecule has 0 bridgehead atoms. The van der Waals surface area contributed by atoms with Crippen LogP contribution in [-0.4, -0.2) is 59.2 Å². The molecule has 4 aromatic rings. The molecule has 0 aliphatic rings. The SMILES string of the molecule is CN(C)CCN(Cc1ccc(F)cc1)Cc1cc(-c2ccc3[nH]cc(C#N)c3c2)ccc1F.O=C(O)C(F)(F)F. The first-order valence-electron chi connectivity index (χ1n) is 12.1. The third kappa shape index (κ3) is 8.36. The smallest absolute Gasteiger partial charge is 0.475 e. The van der Waals surface area contributed by atoms with Gasteiger partial charge in [0.15, 0.2) is 0 Å². The van der Waals surface area contributed by atoms with Gasteiger partial charge in [-0.15, -0.1) is 0 Å². The largest absolute Gasteiger partial charge is 0.490 e. The van der Waals surface area contributed by atoms with Crippen LogP contribution in [0.1, 0.15) is 16.7 Å². The van der Waals surface area contributed by atoms with Crippen LogP contribution in [0.15, 0.2) is 66.9 Å². The third-order valence-electron chi connectivity index (χ3n) is 6.00. The van der Waals surface area contributed by atoms with Gasteiger partial charge in [0, 0.05) is 48.8 Å². The van der Waals surface area contributed by atoms with E-state index in [4.69, 9.17) is 9.90 Å². The highest BCUT2D eigenvalue weighted by Crippen LogP contribution is 2.28. The molecule has 6 nitrogen and oxygen atoms in total. The van der Waals surface area contributed by atoms with Gasteiger partial charge in [-0.3, -0.25) is 4.90 Å². The number of aromatic amines is 1. The van der Waals surface area contributed by atoms with Crippen molar-refractivity contribution in [3.05, 3.63) is 95.2 Å². The molecule has 0 amide bonds. The van der Waals surface area contributed by atoms with E-state index in [9.17, 15) is 27.2 Å². The second-order valence-electron chi connectivity index (χ2n) is 9.32. The second-order valence-corrected chi connectivity index (χ2v) is 9.32. The van der Waals surface area contributed by atoms with Crippen molar-refractivity contribution in [2.24, 2.45) is 0 Å². The number of rotatable bonds is 8. The standard InChI is InChI=1S/C27H26F2N4.C2HF3O2/c1-32(2)11-12-33(17-19-3-7-24(28)8-4-19)18-22-13-20(5-9-26(22)29)21-6-10-27-25(14-21)23(15-30)16-31-27;3-2(4,5)1(6)7/h3-10,13-14,16,31H,11-12,17-18H2,1-2H3;(H,6,7). The van der Waals surface area contributed by atoms with E-state index >= 15 is 0 Å². The van der Waals surface area contributed by atoms with Crippen molar-refractivity contribution in [1.29, 1.82) is 5.26 Å². The lowest BCUT2D eigenvalue weighted by molar-refractivity contribution is -0.192. The number of nitrogens with zero attached hydrogens (tertiary/aromatic N) is 3. The maximum absolute atomic E-state index is 14.8. The summed E-state index contributed by atoms with van der Waals surface area (Å²) < 4.78 is 59.9. The Kier molecular flexibility index (Phi) is 9.98. The molecule has 2 N–H and O–H groups in total. The number of nitriles is 1. The van der Waals surface area contributed by atoms with Gasteiger partial charge in [0.05, 0.1) is 5.56 Å². The van der Waals surface area contributed by atoms with Crippen LogP contribution >= 0.6 is 0 Å². The summed E-state index contributed by atoms with van der Waals surface area (Å²) in [4.78, 5) is 16.2. The van der Waals surface area contributed by atoms with E-state index < -0.39 is 12.1 Å². The highest BCUT2D eigenvalue weighted by atomic mass is 19.4. The fourth-order valence-corrected chi connectivity index (χ4v) is 3.91. The number of aromatic nitrogens is 1. The number of likely N-dealkylation sites (N-methyl/N-ethyl adjacent to an activating group) is 1. The average molecular weight is 559 g/mol. The van der Waals surface area contributed by atoms with Crippen LogP contribution in [-0.2, 0) is 17.9 Å². The summed E-state index contributed by atoms with van der Waals surface area (Å²) in [5.41, 5.74) is 4.89. The van der Waals surface area contributed by atoms with Gasteiger partial charge in [-0.05, 0) is 67.2 Å². The van der Waals surface area contributed by atoms with Crippen LogP contribution in [0, 0.1) is 23.0 Å². The van der Waals surface area contributed by atoms with Crippen molar-refractivity contribution in [3.8, 4) is 17.2 Å². The van der Waals surface area contributed by atoms with Crippen molar-refractivity contribution >= 4 is 16.9 Å². The number of hydrogen-bond acceptors (Lipinski definition) is 4. The van der Waals surface area contributed by atoms with Gasteiger partial charge < -0.3 is 15.0 Å². The minimum atomic E-state index is -5.08. The highest BCUT2D eigenvalue weighted by molar-refractivity contribution is 5.89. The summed E-state index contributed by atoms with van der Waals surface area (Å²) in [6.45, 7) is 2.60. The number of carbonyl (C=O) groups is 1. The lowest BCUT2D eigenvalue weighted by atomic mass is 10.00. The second kappa shape index (κ2) is 13.2. The molecule has 1 heterocycles. The molecule has 1 aromatic heterocycles. The number of H-pyrrole nitrogens is 1.